The van der Waals surface area contributed by atoms with Gasteiger partial charge in [0.25, 0.3) is 5.91 Å². The second kappa shape index (κ2) is 9.88. The summed E-state index contributed by atoms with van der Waals surface area (Å²) in [7, 11) is 0. The molecular formula is C15H22N2O2. The third-order valence-corrected chi connectivity index (χ3v) is 2.03. The number of amides is 1. The highest BCUT2D eigenvalue weighted by Crippen LogP contribution is 2.10. The van der Waals surface area contributed by atoms with E-state index >= 15 is 0 Å². The summed E-state index contributed by atoms with van der Waals surface area (Å²) in [4.78, 5) is 11.7. The van der Waals surface area contributed by atoms with Gasteiger partial charge in [-0.15, -0.1) is 0 Å². The fraction of sp³-hybridized carbons (Fsp3) is 0.333. The summed E-state index contributed by atoms with van der Waals surface area (Å²) in [6.07, 6.45) is 1.41. The molecule has 0 saturated heterocycles. The van der Waals surface area contributed by atoms with Crippen molar-refractivity contribution in [1.82, 2.24) is 5.16 Å². The van der Waals surface area contributed by atoms with Gasteiger partial charge in [0.15, 0.2) is 0 Å². The van der Waals surface area contributed by atoms with Gasteiger partial charge in [0.1, 0.15) is 11.3 Å². The first-order valence-corrected chi connectivity index (χ1v) is 6.55. The van der Waals surface area contributed by atoms with E-state index in [1.165, 1.54) is 6.20 Å². The van der Waals surface area contributed by atoms with Gasteiger partial charge in [-0.3, -0.25) is 4.79 Å². The molecule has 1 aromatic carbocycles. The number of carbonyl (C=O) groups is 1. The molecule has 0 aliphatic carbocycles. The summed E-state index contributed by atoms with van der Waals surface area (Å²) in [6, 6.07) is 9.24. The molecule has 0 fully saturated rings. The monoisotopic (exact) mass is 262 g/mol. The highest BCUT2D eigenvalue weighted by molar-refractivity contribution is 6.04. The second-order valence-corrected chi connectivity index (χ2v) is 3.12. The van der Waals surface area contributed by atoms with E-state index in [0.717, 1.165) is 5.69 Å². The number of aryl methyl sites for hydroxylation is 1. The van der Waals surface area contributed by atoms with Crippen LogP contribution in [0.2, 0.25) is 0 Å². The topological polar surface area (TPSA) is 55.1 Å². The third kappa shape index (κ3) is 5.38. The smallest absolute Gasteiger partial charge is 0.260 e. The van der Waals surface area contributed by atoms with Crippen LogP contribution in [0.25, 0.3) is 0 Å². The maximum atomic E-state index is 11.7. The van der Waals surface area contributed by atoms with Crippen molar-refractivity contribution in [2.24, 2.45) is 0 Å². The third-order valence-electron chi connectivity index (χ3n) is 2.03. The van der Waals surface area contributed by atoms with E-state index in [1.807, 2.05) is 58.0 Å². The van der Waals surface area contributed by atoms with Crippen molar-refractivity contribution < 1.29 is 9.32 Å². The maximum Gasteiger partial charge on any atom is 0.260 e. The Kier molecular flexibility index (Phi) is 8.79. The normalized spacial score (nSPS) is 8.47. The van der Waals surface area contributed by atoms with E-state index in [9.17, 15) is 4.79 Å². The van der Waals surface area contributed by atoms with Crippen molar-refractivity contribution in [2.75, 3.05) is 5.32 Å². The van der Waals surface area contributed by atoms with E-state index in [0.29, 0.717) is 11.3 Å². The van der Waals surface area contributed by atoms with Gasteiger partial charge in [-0.25, -0.2) is 0 Å². The Morgan fingerprint density at radius 1 is 1.11 bits per heavy atom. The summed E-state index contributed by atoms with van der Waals surface area (Å²) in [6.45, 7) is 9.70. The van der Waals surface area contributed by atoms with E-state index in [4.69, 9.17) is 4.52 Å². The molecule has 19 heavy (non-hydrogen) atoms. The molecule has 104 valence electrons. The van der Waals surface area contributed by atoms with E-state index in [-0.39, 0.29) is 5.91 Å². The molecule has 0 spiro atoms. The van der Waals surface area contributed by atoms with Crippen LogP contribution in [0, 0.1) is 6.92 Å². The zero-order chi connectivity index (χ0) is 14.7. The minimum atomic E-state index is -0.208. The Labute approximate surface area is 114 Å². The van der Waals surface area contributed by atoms with Crippen molar-refractivity contribution >= 4 is 11.6 Å². The van der Waals surface area contributed by atoms with Crippen LogP contribution in [0.15, 0.2) is 41.1 Å². The molecule has 1 aromatic heterocycles. The molecule has 1 N–H and O–H groups in total. The van der Waals surface area contributed by atoms with Crippen molar-refractivity contribution in [3.63, 3.8) is 0 Å². The Hall–Kier alpha value is -2.10. The van der Waals surface area contributed by atoms with Gasteiger partial charge < -0.3 is 9.84 Å². The number of para-hydroxylation sites is 1. The lowest BCUT2D eigenvalue weighted by atomic mass is 10.2. The minimum Gasteiger partial charge on any atom is -0.361 e. The summed E-state index contributed by atoms with van der Waals surface area (Å²) >= 11 is 0. The molecule has 0 atom stereocenters. The average molecular weight is 262 g/mol. The van der Waals surface area contributed by atoms with E-state index in [1.54, 1.807) is 6.92 Å². The van der Waals surface area contributed by atoms with Crippen LogP contribution in [0.3, 0.4) is 0 Å². The van der Waals surface area contributed by atoms with Gasteiger partial charge >= 0.3 is 0 Å². The Bertz CT molecular complexity index is 464. The van der Waals surface area contributed by atoms with Crippen molar-refractivity contribution in [3.05, 3.63) is 47.9 Å². The Morgan fingerprint density at radius 2 is 1.68 bits per heavy atom. The number of hydrogen-bond donors (Lipinski definition) is 1. The second-order valence-electron chi connectivity index (χ2n) is 3.12. The fourth-order valence-corrected chi connectivity index (χ4v) is 1.24. The highest BCUT2D eigenvalue weighted by Gasteiger charge is 2.12. The Morgan fingerprint density at radius 3 is 2.16 bits per heavy atom. The predicted octanol–water partition coefficient (Wildman–Crippen LogP) is 4.29. The molecule has 0 aliphatic rings. The fourth-order valence-electron chi connectivity index (χ4n) is 1.24. The molecule has 0 radical (unpaired) electrons. The largest absolute Gasteiger partial charge is 0.361 e. The standard InChI is InChI=1S/C11H10N2O2.2C2H6/c1-8-10(7-12-15-8)11(14)13-9-5-3-2-4-6-9;2*1-2/h2-7H,1H3,(H,13,14);2*1-2H3. The molecule has 1 amide bonds. The zero-order valence-electron chi connectivity index (χ0n) is 12.2. The lowest BCUT2D eigenvalue weighted by Gasteiger charge is -2.02. The highest BCUT2D eigenvalue weighted by atomic mass is 16.5. The maximum absolute atomic E-state index is 11.7. The van der Waals surface area contributed by atoms with Gasteiger partial charge in [0.05, 0.1) is 6.20 Å². The molecule has 0 unspecified atom stereocenters. The molecule has 0 bridgehead atoms. The van der Waals surface area contributed by atoms with Crippen LogP contribution >= 0.6 is 0 Å². The summed E-state index contributed by atoms with van der Waals surface area (Å²) in [5.74, 6) is 0.309. The zero-order valence-corrected chi connectivity index (χ0v) is 12.2. The summed E-state index contributed by atoms with van der Waals surface area (Å²) < 4.78 is 4.81. The molecular weight excluding hydrogens is 240 g/mol. The molecule has 2 aromatic rings. The number of carbonyl (C=O) groups excluding carboxylic acids is 1. The van der Waals surface area contributed by atoms with Crippen LogP contribution in [0.4, 0.5) is 5.69 Å². The SMILES string of the molecule is CC.CC.Cc1oncc1C(=O)Nc1ccccc1. The lowest BCUT2D eigenvalue weighted by molar-refractivity contribution is 0.102. The van der Waals surface area contributed by atoms with Crippen LogP contribution in [0.5, 0.6) is 0 Å². The van der Waals surface area contributed by atoms with Gasteiger partial charge in [-0.1, -0.05) is 51.1 Å². The number of benzene rings is 1. The molecule has 2 rings (SSSR count). The minimum absolute atomic E-state index is 0.208. The number of anilines is 1. The summed E-state index contributed by atoms with van der Waals surface area (Å²) in [5.41, 5.74) is 1.21. The predicted molar refractivity (Wildman–Crippen MR) is 78.3 cm³/mol. The van der Waals surface area contributed by atoms with Crippen LogP contribution in [-0.2, 0) is 0 Å². The van der Waals surface area contributed by atoms with Crippen LogP contribution in [-0.4, -0.2) is 11.1 Å². The van der Waals surface area contributed by atoms with Gasteiger partial charge in [0, 0.05) is 5.69 Å². The number of rotatable bonds is 2. The number of aromatic nitrogens is 1. The van der Waals surface area contributed by atoms with E-state index < -0.39 is 0 Å². The number of hydrogen-bond acceptors (Lipinski definition) is 3. The Balaban J connectivity index is 0.000000741. The van der Waals surface area contributed by atoms with E-state index in [2.05, 4.69) is 10.5 Å². The molecule has 4 nitrogen and oxygen atoms in total. The van der Waals surface area contributed by atoms with Crippen molar-refractivity contribution in [2.45, 2.75) is 34.6 Å². The molecule has 1 heterocycles. The van der Waals surface area contributed by atoms with Gasteiger partial charge in [-0.05, 0) is 19.1 Å². The number of nitrogens with zero attached hydrogens (tertiary/aromatic N) is 1. The first-order chi connectivity index (χ1) is 9.27. The first kappa shape index (κ1) is 16.9. The van der Waals surface area contributed by atoms with Crippen molar-refractivity contribution in [1.29, 1.82) is 0 Å². The van der Waals surface area contributed by atoms with Gasteiger partial charge in [0.2, 0.25) is 0 Å². The molecule has 4 heteroatoms. The van der Waals surface area contributed by atoms with Crippen LogP contribution in [0.1, 0.15) is 43.8 Å². The molecule has 0 saturated carbocycles. The first-order valence-electron chi connectivity index (χ1n) is 6.55. The number of nitrogens with one attached hydrogen (secondary N) is 1. The summed E-state index contributed by atoms with van der Waals surface area (Å²) in [5, 5.41) is 6.29. The molecule has 0 aliphatic heterocycles. The van der Waals surface area contributed by atoms with Gasteiger partial charge in [-0.2, -0.15) is 0 Å². The average Bonchev–Trinajstić information content (AvgIpc) is 2.91. The lowest BCUT2D eigenvalue weighted by Crippen LogP contribution is -2.11. The quantitative estimate of drug-likeness (QED) is 0.878. The van der Waals surface area contributed by atoms with Crippen LogP contribution < -0.4 is 5.32 Å². The van der Waals surface area contributed by atoms with Crippen molar-refractivity contribution in [3.8, 4) is 0 Å².